The summed E-state index contributed by atoms with van der Waals surface area (Å²) in [6.45, 7) is 4.79. The van der Waals surface area contributed by atoms with Crippen molar-refractivity contribution in [3.63, 3.8) is 0 Å². The molecule has 0 radical (unpaired) electrons. The van der Waals surface area contributed by atoms with Gasteiger partial charge < -0.3 is 9.80 Å². The fraction of sp³-hybridized carbons (Fsp3) is 0.579. The topological polar surface area (TPSA) is 87.0 Å². The number of rotatable bonds is 5. The molecule has 0 aromatic heterocycles. The number of carbonyl (C=O) groups is 2. The van der Waals surface area contributed by atoms with Crippen LogP contribution in [0.2, 0.25) is 0 Å². The number of nitrogens with zero attached hydrogens (tertiary/aromatic N) is 4. The minimum absolute atomic E-state index is 0.0193. The van der Waals surface area contributed by atoms with Gasteiger partial charge in [0.2, 0.25) is 11.8 Å². The third-order valence-corrected chi connectivity index (χ3v) is 5.30. The number of nitro groups is 1. The molecule has 0 spiro atoms. The Balaban J connectivity index is 1.43. The molecule has 0 unspecified atom stereocenters. The van der Waals surface area contributed by atoms with Crippen LogP contribution in [0.3, 0.4) is 0 Å². The Morgan fingerprint density at radius 3 is 2.04 bits per heavy atom. The molecule has 8 heteroatoms. The number of amides is 2. The van der Waals surface area contributed by atoms with Crippen molar-refractivity contribution < 1.29 is 14.5 Å². The van der Waals surface area contributed by atoms with Gasteiger partial charge in [-0.1, -0.05) is 12.1 Å². The molecule has 2 heterocycles. The van der Waals surface area contributed by atoms with Crippen molar-refractivity contribution in [3.8, 4) is 0 Å². The van der Waals surface area contributed by atoms with Crippen molar-refractivity contribution in [1.82, 2.24) is 14.7 Å². The molecule has 0 bridgehead atoms. The van der Waals surface area contributed by atoms with Crippen LogP contribution in [0.1, 0.15) is 24.8 Å². The zero-order chi connectivity index (χ0) is 19.2. The monoisotopic (exact) mass is 374 g/mol. The lowest BCUT2D eigenvalue weighted by Crippen LogP contribution is -2.52. The third kappa shape index (κ3) is 5.26. The number of benzene rings is 1. The van der Waals surface area contributed by atoms with Gasteiger partial charge in [0.25, 0.3) is 5.69 Å². The van der Waals surface area contributed by atoms with Crippen molar-refractivity contribution in [2.45, 2.75) is 25.7 Å². The van der Waals surface area contributed by atoms with Crippen molar-refractivity contribution in [3.05, 3.63) is 39.9 Å². The maximum Gasteiger partial charge on any atom is 0.269 e. The lowest BCUT2D eigenvalue weighted by atomic mass is 10.1. The largest absolute Gasteiger partial charge is 0.342 e. The van der Waals surface area contributed by atoms with E-state index in [1.165, 1.54) is 18.6 Å². The number of piperazine rings is 1. The molecule has 0 N–H and O–H groups in total. The van der Waals surface area contributed by atoms with E-state index in [0.717, 1.165) is 31.5 Å². The molecule has 2 aliphatic heterocycles. The molecule has 2 amide bonds. The molecule has 146 valence electrons. The van der Waals surface area contributed by atoms with E-state index in [-0.39, 0.29) is 23.9 Å². The van der Waals surface area contributed by atoms with E-state index in [0.29, 0.717) is 32.7 Å². The smallest absolute Gasteiger partial charge is 0.269 e. The highest BCUT2D eigenvalue weighted by atomic mass is 16.6. The number of carbonyl (C=O) groups excluding carboxylic acids is 2. The van der Waals surface area contributed by atoms with Crippen LogP contribution < -0.4 is 0 Å². The van der Waals surface area contributed by atoms with Crippen LogP contribution in [0.5, 0.6) is 0 Å². The van der Waals surface area contributed by atoms with Gasteiger partial charge in [0, 0.05) is 51.4 Å². The molecule has 1 aromatic rings. The third-order valence-electron chi connectivity index (χ3n) is 5.30. The van der Waals surface area contributed by atoms with Crippen LogP contribution in [-0.4, -0.2) is 77.3 Å². The second-order valence-corrected chi connectivity index (χ2v) is 7.20. The highest BCUT2D eigenvalue weighted by Crippen LogP contribution is 2.14. The molecule has 27 heavy (non-hydrogen) atoms. The normalized spacial score (nSPS) is 18.4. The van der Waals surface area contributed by atoms with E-state index in [9.17, 15) is 19.7 Å². The van der Waals surface area contributed by atoms with Gasteiger partial charge in [-0.2, -0.15) is 0 Å². The number of hydrogen-bond donors (Lipinski definition) is 0. The van der Waals surface area contributed by atoms with Crippen LogP contribution >= 0.6 is 0 Å². The van der Waals surface area contributed by atoms with E-state index in [4.69, 9.17) is 0 Å². The zero-order valence-corrected chi connectivity index (χ0v) is 15.5. The summed E-state index contributed by atoms with van der Waals surface area (Å²) in [7, 11) is 0. The summed E-state index contributed by atoms with van der Waals surface area (Å²) in [4.78, 5) is 40.9. The fourth-order valence-corrected chi connectivity index (χ4v) is 3.61. The standard InChI is InChI=1S/C19H26N4O4/c24-18(14-16-4-6-17(7-5-16)23(26)27)22-12-10-20(11-13-22)15-19(25)21-8-2-1-3-9-21/h4-7H,1-3,8-15H2. The lowest BCUT2D eigenvalue weighted by Gasteiger charge is -2.36. The predicted molar refractivity (Wildman–Crippen MR) is 100 cm³/mol. The average molecular weight is 374 g/mol. The van der Waals surface area contributed by atoms with Crippen molar-refractivity contribution in [2.75, 3.05) is 45.8 Å². The molecule has 2 aliphatic rings. The van der Waals surface area contributed by atoms with E-state index in [1.807, 2.05) is 9.80 Å². The van der Waals surface area contributed by atoms with E-state index >= 15 is 0 Å². The molecule has 0 aliphatic carbocycles. The first-order valence-corrected chi connectivity index (χ1v) is 9.54. The van der Waals surface area contributed by atoms with Gasteiger partial charge in [0.05, 0.1) is 17.9 Å². The van der Waals surface area contributed by atoms with Crippen molar-refractivity contribution in [1.29, 1.82) is 0 Å². The predicted octanol–water partition coefficient (Wildman–Crippen LogP) is 1.29. The highest BCUT2D eigenvalue weighted by molar-refractivity contribution is 5.79. The first kappa shape index (κ1) is 19.3. The molecule has 0 atom stereocenters. The number of likely N-dealkylation sites (tertiary alicyclic amines) is 1. The summed E-state index contributed by atoms with van der Waals surface area (Å²) in [6.07, 6.45) is 3.64. The van der Waals surface area contributed by atoms with Gasteiger partial charge in [0.1, 0.15) is 0 Å². The molecule has 2 fully saturated rings. The summed E-state index contributed by atoms with van der Waals surface area (Å²) in [6, 6.07) is 6.10. The minimum Gasteiger partial charge on any atom is -0.342 e. The van der Waals surface area contributed by atoms with Gasteiger partial charge in [0.15, 0.2) is 0 Å². The van der Waals surface area contributed by atoms with Gasteiger partial charge in [-0.3, -0.25) is 24.6 Å². The molecule has 8 nitrogen and oxygen atoms in total. The second-order valence-electron chi connectivity index (χ2n) is 7.20. The maximum absolute atomic E-state index is 12.5. The maximum atomic E-state index is 12.5. The molecule has 0 saturated carbocycles. The number of non-ortho nitro benzene ring substituents is 1. The second kappa shape index (κ2) is 8.94. The van der Waals surface area contributed by atoms with Gasteiger partial charge in [-0.05, 0) is 24.8 Å². The number of piperidine rings is 1. The minimum atomic E-state index is -0.448. The fourth-order valence-electron chi connectivity index (χ4n) is 3.61. The summed E-state index contributed by atoms with van der Waals surface area (Å²) in [5.74, 6) is 0.214. The molecule has 1 aromatic carbocycles. The zero-order valence-electron chi connectivity index (χ0n) is 15.5. The van der Waals surface area contributed by atoms with E-state index in [1.54, 1.807) is 12.1 Å². The van der Waals surface area contributed by atoms with Crippen LogP contribution in [0.25, 0.3) is 0 Å². The Kier molecular flexibility index (Phi) is 6.39. The molecular formula is C19H26N4O4. The van der Waals surface area contributed by atoms with Crippen LogP contribution in [0.15, 0.2) is 24.3 Å². The Bertz CT molecular complexity index is 677. The van der Waals surface area contributed by atoms with Crippen LogP contribution in [0, 0.1) is 10.1 Å². The van der Waals surface area contributed by atoms with Crippen molar-refractivity contribution >= 4 is 17.5 Å². The molecular weight excluding hydrogens is 348 g/mol. The van der Waals surface area contributed by atoms with E-state index < -0.39 is 4.92 Å². The Morgan fingerprint density at radius 1 is 0.852 bits per heavy atom. The first-order chi connectivity index (χ1) is 13.0. The summed E-state index contributed by atoms with van der Waals surface area (Å²) < 4.78 is 0. The first-order valence-electron chi connectivity index (χ1n) is 9.54. The highest BCUT2D eigenvalue weighted by Gasteiger charge is 2.24. The van der Waals surface area contributed by atoms with Gasteiger partial charge in [-0.15, -0.1) is 0 Å². The lowest BCUT2D eigenvalue weighted by molar-refractivity contribution is -0.384. The van der Waals surface area contributed by atoms with Gasteiger partial charge >= 0.3 is 0 Å². The molecule has 3 rings (SSSR count). The summed E-state index contributed by atoms with van der Waals surface area (Å²) in [5, 5.41) is 10.7. The summed E-state index contributed by atoms with van der Waals surface area (Å²) >= 11 is 0. The van der Waals surface area contributed by atoms with Gasteiger partial charge in [-0.25, -0.2) is 0 Å². The Morgan fingerprint density at radius 2 is 1.44 bits per heavy atom. The summed E-state index contributed by atoms with van der Waals surface area (Å²) in [5.41, 5.74) is 0.798. The SMILES string of the molecule is O=C(Cc1ccc([N+](=O)[O-])cc1)N1CCN(CC(=O)N2CCCCC2)CC1. The Hall–Kier alpha value is -2.48. The van der Waals surface area contributed by atoms with E-state index in [2.05, 4.69) is 4.90 Å². The van der Waals surface area contributed by atoms with Crippen LogP contribution in [0.4, 0.5) is 5.69 Å². The average Bonchev–Trinajstić information content (AvgIpc) is 2.69. The Labute approximate surface area is 158 Å². The number of nitro benzene ring substituents is 1. The van der Waals surface area contributed by atoms with Crippen molar-refractivity contribution in [2.24, 2.45) is 0 Å². The van der Waals surface area contributed by atoms with Crippen LogP contribution in [-0.2, 0) is 16.0 Å². The number of hydrogen-bond acceptors (Lipinski definition) is 5. The quantitative estimate of drug-likeness (QED) is 0.573. The molecule has 2 saturated heterocycles.